The Morgan fingerprint density at radius 3 is 0.868 bits per heavy atom. The number of hydrogen-bond acceptors (Lipinski definition) is 14. The lowest BCUT2D eigenvalue weighted by Gasteiger charge is -2.14. The van der Waals surface area contributed by atoms with E-state index in [0.717, 1.165) is 103 Å². The van der Waals surface area contributed by atoms with Crippen molar-refractivity contribution in [2.24, 2.45) is 0 Å². The largest absolute Gasteiger partial charge is 0.490 e. The molecule has 14 nitrogen and oxygen atoms in total. The first-order valence-electron chi connectivity index (χ1n) is 27.0. The molecule has 14 heteroatoms. The Morgan fingerprint density at radius 2 is 0.592 bits per heavy atom. The van der Waals surface area contributed by atoms with Gasteiger partial charge < -0.3 is 37.9 Å². The zero-order valence-corrected chi connectivity index (χ0v) is 44.5. The molecule has 0 bridgehead atoms. The monoisotopic (exact) mass is 1040 g/mol. The summed E-state index contributed by atoms with van der Waals surface area (Å²) in [4.78, 5) is 61.3. The molecule has 0 radical (unpaired) electrons. The third-order valence-electron chi connectivity index (χ3n) is 12.1. The van der Waals surface area contributed by atoms with Gasteiger partial charge in [-0.15, -0.1) is 0 Å². The minimum Gasteiger partial charge on any atom is -0.490 e. The van der Waals surface area contributed by atoms with Crippen LogP contribution in [-0.4, -0.2) is 60.3 Å². The van der Waals surface area contributed by atoms with Gasteiger partial charge in [-0.25, -0.2) is 19.2 Å². The van der Waals surface area contributed by atoms with Crippen molar-refractivity contribution in [2.45, 2.75) is 130 Å². The number of unbranched alkanes of at least 4 members (excludes halogenated alkanes) is 12. The summed E-state index contributed by atoms with van der Waals surface area (Å²) < 4.78 is 46.6. The molecule has 0 saturated carbocycles. The van der Waals surface area contributed by atoms with Gasteiger partial charge in [0.15, 0.2) is 23.0 Å². The second kappa shape index (κ2) is 31.9. The fourth-order valence-electron chi connectivity index (χ4n) is 7.73. The maximum Gasteiger partial charge on any atom is 0.345 e. The van der Waals surface area contributed by atoms with Crippen LogP contribution < -0.4 is 37.9 Å². The van der Waals surface area contributed by atoms with Crippen molar-refractivity contribution >= 4 is 23.9 Å². The Hall–Kier alpha value is -7.74. The minimum atomic E-state index is -0.646. The number of benzene rings is 4. The molecule has 6 rings (SSSR count). The Bertz CT molecular complexity index is 2540. The van der Waals surface area contributed by atoms with Gasteiger partial charge in [-0.1, -0.05) is 105 Å². The van der Waals surface area contributed by atoms with Crippen LogP contribution in [0, 0.1) is 0 Å². The van der Waals surface area contributed by atoms with Gasteiger partial charge in [0, 0.05) is 12.4 Å². The zero-order chi connectivity index (χ0) is 53.7. The first kappa shape index (κ1) is 57.5. The molecule has 0 aliphatic heterocycles. The van der Waals surface area contributed by atoms with E-state index < -0.39 is 23.9 Å². The van der Waals surface area contributed by atoms with Crippen molar-refractivity contribution < 1.29 is 57.1 Å². The summed E-state index contributed by atoms with van der Waals surface area (Å²) in [6, 6.07) is 28.7. The standard InChI is InChI=1S/C62H72N2O12/c1-5-9-13-17-37-69-55-35-23-45(41-57(55)71-39-19-15-11-7-3)59(65)73-49-25-29-51(30-26-49)75-61(67)47-21-33-53(63-43-47)54-34-22-48(44-64-54)62(68)76-52-31-27-50(28-32-52)74-60(66)46-24-36-56(70-38-18-14-10-6-2)58(42-46)72-40-20-16-12-8-4/h21-36,41-44H,5-20,37-40H2,1-4H3. The van der Waals surface area contributed by atoms with Gasteiger partial charge >= 0.3 is 23.9 Å². The molecule has 0 saturated heterocycles. The molecule has 0 atom stereocenters. The smallest absolute Gasteiger partial charge is 0.345 e. The van der Waals surface area contributed by atoms with Gasteiger partial charge in [0.2, 0.25) is 0 Å². The van der Waals surface area contributed by atoms with Crippen LogP contribution in [0.4, 0.5) is 0 Å². The number of rotatable bonds is 33. The van der Waals surface area contributed by atoms with Crippen molar-refractivity contribution in [3.63, 3.8) is 0 Å². The highest BCUT2D eigenvalue weighted by molar-refractivity contribution is 5.94. The van der Waals surface area contributed by atoms with Crippen molar-refractivity contribution in [2.75, 3.05) is 26.4 Å². The third-order valence-corrected chi connectivity index (χ3v) is 12.1. The third kappa shape index (κ3) is 18.9. The van der Waals surface area contributed by atoms with E-state index in [2.05, 4.69) is 37.7 Å². The summed E-state index contributed by atoms with van der Waals surface area (Å²) in [5.74, 6) is 0.780. The molecule has 2 heterocycles. The predicted octanol–water partition coefficient (Wildman–Crippen LogP) is 14.9. The number of ether oxygens (including phenoxy) is 8. The normalized spacial score (nSPS) is 10.8. The SMILES string of the molecule is CCCCCCOc1ccc(C(=O)Oc2ccc(OC(=O)c3ccc(-c4ccc(C(=O)Oc5ccc(OC(=O)c6ccc(OCCCCCC)c(OCCCCCC)c6)cc5)cn4)nc3)cc2)cc1OCCCCCC. The summed E-state index contributed by atoms with van der Waals surface area (Å²) >= 11 is 0. The van der Waals surface area contributed by atoms with Gasteiger partial charge in [-0.3, -0.25) is 9.97 Å². The molecule has 76 heavy (non-hydrogen) atoms. The second-order valence-electron chi connectivity index (χ2n) is 18.3. The lowest BCUT2D eigenvalue weighted by atomic mass is 10.2. The van der Waals surface area contributed by atoms with Gasteiger partial charge in [-0.05, 0) is 135 Å². The first-order chi connectivity index (χ1) is 37.2. The van der Waals surface area contributed by atoms with E-state index >= 15 is 0 Å². The van der Waals surface area contributed by atoms with Crippen LogP contribution >= 0.6 is 0 Å². The van der Waals surface area contributed by atoms with Crippen molar-refractivity contribution in [3.05, 3.63) is 144 Å². The Morgan fingerprint density at radius 1 is 0.316 bits per heavy atom. The Balaban J connectivity index is 0.968. The molecule has 0 aliphatic carbocycles. The summed E-state index contributed by atoms with van der Waals surface area (Å²) in [5, 5.41) is 0. The number of pyridine rings is 2. The average Bonchev–Trinajstić information content (AvgIpc) is 3.44. The summed E-state index contributed by atoms with van der Waals surface area (Å²) in [6.07, 6.45) is 19.8. The van der Waals surface area contributed by atoms with Crippen LogP contribution in [0.2, 0.25) is 0 Å². The van der Waals surface area contributed by atoms with Crippen LogP contribution in [0.25, 0.3) is 11.4 Å². The molecular weight excluding hydrogens is 965 g/mol. The first-order valence-corrected chi connectivity index (χ1v) is 27.0. The Kier molecular flexibility index (Phi) is 24.1. The number of hydrogen-bond donors (Lipinski definition) is 0. The second-order valence-corrected chi connectivity index (χ2v) is 18.3. The van der Waals surface area contributed by atoms with E-state index in [1.54, 1.807) is 60.7 Å². The van der Waals surface area contributed by atoms with Crippen LogP contribution in [0.1, 0.15) is 172 Å². The van der Waals surface area contributed by atoms with E-state index in [1.807, 2.05) is 0 Å². The van der Waals surface area contributed by atoms with Crippen molar-refractivity contribution in [3.8, 4) is 57.4 Å². The molecule has 6 aromatic rings. The molecular formula is C62H72N2O12. The quantitative estimate of drug-likeness (QED) is 0.0217. The number of aromatic nitrogens is 2. The summed E-state index contributed by atoms with van der Waals surface area (Å²) in [6.45, 7) is 10.8. The maximum absolute atomic E-state index is 13.2. The molecule has 0 unspecified atom stereocenters. The highest BCUT2D eigenvalue weighted by atomic mass is 16.6. The average molecular weight is 1040 g/mol. The number of carbonyl (C=O) groups excluding carboxylic acids is 4. The van der Waals surface area contributed by atoms with Crippen LogP contribution in [-0.2, 0) is 0 Å². The number of carbonyl (C=O) groups is 4. The van der Waals surface area contributed by atoms with E-state index in [0.29, 0.717) is 71.9 Å². The van der Waals surface area contributed by atoms with Crippen LogP contribution in [0.3, 0.4) is 0 Å². The fourth-order valence-corrected chi connectivity index (χ4v) is 7.73. The molecule has 402 valence electrons. The van der Waals surface area contributed by atoms with Crippen molar-refractivity contribution in [1.82, 2.24) is 9.97 Å². The van der Waals surface area contributed by atoms with E-state index in [1.165, 1.54) is 60.9 Å². The molecule has 0 N–H and O–H groups in total. The topological polar surface area (TPSA) is 168 Å². The molecule has 2 aromatic heterocycles. The van der Waals surface area contributed by atoms with E-state index in [-0.39, 0.29) is 34.1 Å². The maximum atomic E-state index is 13.2. The van der Waals surface area contributed by atoms with Gasteiger partial charge in [0.1, 0.15) is 23.0 Å². The molecule has 0 fully saturated rings. The summed E-state index contributed by atoms with van der Waals surface area (Å²) in [5.41, 5.74) is 1.92. The number of esters is 4. The molecule has 4 aromatic carbocycles. The molecule has 0 spiro atoms. The van der Waals surface area contributed by atoms with E-state index in [4.69, 9.17) is 37.9 Å². The van der Waals surface area contributed by atoms with Gasteiger partial charge in [0.25, 0.3) is 0 Å². The lowest BCUT2D eigenvalue weighted by molar-refractivity contribution is 0.0719. The minimum absolute atomic E-state index is 0.191. The number of nitrogens with zero attached hydrogens (tertiary/aromatic N) is 2. The van der Waals surface area contributed by atoms with Gasteiger partial charge in [-0.2, -0.15) is 0 Å². The van der Waals surface area contributed by atoms with Crippen LogP contribution in [0.15, 0.2) is 122 Å². The van der Waals surface area contributed by atoms with Gasteiger partial charge in [0.05, 0.1) is 60.1 Å². The summed E-state index contributed by atoms with van der Waals surface area (Å²) in [7, 11) is 0. The predicted molar refractivity (Wildman–Crippen MR) is 292 cm³/mol. The lowest BCUT2D eigenvalue weighted by Crippen LogP contribution is -2.11. The van der Waals surface area contributed by atoms with Crippen LogP contribution in [0.5, 0.6) is 46.0 Å². The highest BCUT2D eigenvalue weighted by Crippen LogP contribution is 2.32. The highest BCUT2D eigenvalue weighted by Gasteiger charge is 2.18. The van der Waals surface area contributed by atoms with E-state index in [9.17, 15) is 19.2 Å². The molecule has 0 aliphatic rings. The Labute approximate surface area is 447 Å². The fraction of sp³-hybridized carbons (Fsp3) is 0.387. The van der Waals surface area contributed by atoms with Crippen molar-refractivity contribution in [1.29, 1.82) is 0 Å². The molecule has 0 amide bonds. The zero-order valence-electron chi connectivity index (χ0n) is 44.5.